The van der Waals surface area contributed by atoms with Crippen LogP contribution < -0.4 is 5.32 Å². The molecule has 1 unspecified atom stereocenters. The molecule has 3 rings (SSSR count). The summed E-state index contributed by atoms with van der Waals surface area (Å²) in [5.41, 5.74) is -0.400. The van der Waals surface area contributed by atoms with E-state index >= 15 is 0 Å². The van der Waals surface area contributed by atoms with Crippen LogP contribution in [0, 0.1) is 0 Å². The average molecular weight is 341 g/mol. The van der Waals surface area contributed by atoms with Crippen molar-refractivity contribution in [1.29, 1.82) is 0 Å². The second-order valence-corrected chi connectivity index (χ2v) is 9.61. The van der Waals surface area contributed by atoms with Crippen molar-refractivity contribution < 1.29 is 9.53 Å². The number of amides is 1. The van der Waals surface area contributed by atoms with Gasteiger partial charge in [-0.15, -0.1) is 0 Å². The number of rotatable bonds is 3. The number of carbonyl (C=O) groups excluding carboxylic acids is 1. The van der Waals surface area contributed by atoms with Crippen molar-refractivity contribution in [1.82, 2.24) is 10.2 Å². The van der Waals surface area contributed by atoms with Crippen molar-refractivity contribution >= 4 is 17.9 Å². The van der Waals surface area contributed by atoms with E-state index in [-0.39, 0.29) is 6.09 Å². The van der Waals surface area contributed by atoms with E-state index in [0.717, 1.165) is 30.9 Å². The van der Waals surface area contributed by atoms with E-state index in [4.69, 9.17) is 4.74 Å². The Hall–Kier alpha value is -0.420. The standard InChI is InChI=1S/C18H32N2O2S/c1-18(2,3)22-17(21)20-14-6-7-15(20)10-13(9-14)19-12-5-8-16(11-12)23-4/h12-16,19H,5-11H2,1-4H3/t12-,13?,14-,15+,16-/m0/s1. The molecule has 0 spiro atoms. The van der Waals surface area contributed by atoms with Crippen molar-refractivity contribution in [2.24, 2.45) is 0 Å². The van der Waals surface area contributed by atoms with Crippen molar-refractivity contribution in [2.45, 2.75) is 101 Å². The smallest absolute Gasteiger partial charge is 0.410 e. The zero-order valence-corrected chi connectivity index (χ0v) is 15.8. The van der Waals surface area contributed by atoms with Gasteiger partial charge in [-0.3, -0.25) is 0 Å². The third-order valence-corrected chi connectivity index (χ3v) is 6.62. The number of fused-ring (bicyclic) bond motifs is 2. The molecule has 23 heavy (non-hydrogen) atoms. The highest BCUT2D eigenvalue weighted by Gasteiger charge is 2.45. The van der Waals surface area contributed by atoms with Crippen molar-refractivity contribution in [3.05, 3.63) is 0 Å². The van der Waals surface area contributed by atoms with E-state index in [0.29, 0.717) is 24.2 Å². The largest absolute Gasteiger partial charge is 0.444 e. The molecular formula is C18H32N2O2S. The van der Waals surface area contributed by atoms with Crippen molar-refractivity contribution in [3.8, 4) is 0 Å². The first kappa shape index (κ1) is 17.4. The van der Waals surface area contributed by atoms with Crippen LogP contribution in [0.25, 0.3) is 0 Å². The van der Waals surface area contributed by atoms with Crippen LogP contribution in [0.2, 0.25) is 0 Å². The van der Waals surface area contributed by atoms with E-state index in [1.165, 1.54) is 19.3 Å². The summed E-state index contributed by atoms with van der Waals surface area (Å²) < 4.78 is 5.62. The molecule has 0 aromatic carbocycles. The van der Waals surface area contributed by atoms with E-state index < -0.39 is 5.60 Å². The summed E-state index contributed by atoms with van der Waals surface area (Å²) in [4.78, 5) is 14.5. The maximum atomic E-state index is 12.5. The van der Waals surface area contributed by atoms with Crippen LogP contribution in [0.3, 0.4) is 0 Å². The van der Waals surface area contributed by atoms with Gasteiger partial charge < -0.3 is 15.0 Å². The van der Waals surface area contributed by atoms with Gasteiger partial charge in [0.1, 0.15) is 5.60 Å². The van der Waals surface area contributed by atoms with Crippen LogP contribution in [-0.4, -0.2) is 52.3 Å². The predicted molar refractivity (Wildman–Crippen MR) is 96.0 cm³/mol. The molecular weight excluding hydrogens is 308 g/mol. The molecule has 2 aliphatic heterocycles. The van der Waals surface area contributed by atoms with Crippen molar-refractivity contribution in [2.75, 3.05) is 6.26 Å². The summed E-state index contributed by atoms with van der Waals surface area (Å²) in [5, 5.41) is 4.74. The van der Waals surface area contributed by atoms with Gasteiger partial charge in [0.25, 0.3) is 0 Å². The monoisotopic (exact) mass is 340 g/mol. The minimum absolute atomic E-state index is 0.105. The van der Waals surface area contributed by atoms with E-state index in [2.05, 4.69) is 11.6 Å². The average Bonchev–Trinajstić information content (AvgIpc) is 3.00. The molecule has 1 amide bonds. The molecule has 132 valence electrons. The molecule has 4 nitrogen and oxygen atoms in total. The number of hydrogen-bond acceptors (Lipinski definition) is 4. The van der Waals surface area contributed by atoms with E-state index in [1.54, 1.807) is 0 Å². The Balaban J connectivity index is 1.54. The topological polar surface area (TPSA) is 41.6 Å². The van der Waals surface area contributed by atoms with Gasteiger partial charge in [0.05, 0.1) is 0 Å². The highest BCUT2D eigenvalue weighted by Crippen LogP contribution is 2.38. The first-order valence-electron chi connectivity index (χ1n) is 9.16. The van der Waals surface area contributed by atoms with Crippen LogP contribution in [-0.2, 0) is 4.74 Å². The lowest BCUT2D eigenvalue weighted by Gasteiger charge is -2.40. The van der Waals surface area contributed by atoms with Crippen LogP contribution in [0.15, 0.2) is 0 Å². The summed E-state index contributed by atoms with van der Waals surface area (Å²) in [6.45, 7) is 5.84. The fraction of sp³-hybridized carbons (Fsp3) is 0.944. The Labute approximate surface area is 145 Å². The lowest BCUT2D eigenvalue weighted by Crippen LogP contribution is -2.53. The van der Waals surface area contributed by atoms with Gasteiger partial charge in [-0.05, 0) is 72.0 Å². The van der Waals surface area contributed by atoms with Crippen LogP contribution in [0.1, 0.15) is 65.7 Å². The van der Waals surface area contributed by atoms with Gasteiger partial charge >= 0.3 is 6.09 Å². The maximum Gasteiger partial charge on any atom is 0.410 e. The highest BCUT2D eigenvalue weighted by molar-refractivity contribution is 7.99. The number of hydrogen-bond donors (Lipinski definition) is 1. The quantitative estimate of drug-likeness (QED) is 0.849. The highest BCUT2D eigenvalue weighted by atomic mass is 32.2. The van der Waals surface area contributed by atoms with Crippen LogP contribution in [0.5, 0.6) is 0 Å². The minimum atomic E-state index is -0.400. The number of piperidine rings is 1. The van der Waals surface area contributed by atoms with Gasteiger partial charge in [0.15, 0.2) is 0 Å². The molecule has 0 aromatic rings. The fourth-order valence-corrected chi connectivity index (χ4v) is 5.36. The number of carbonyl (C=O) groups is 1. The summed E-state index contributed by atoms with van der Waals surface area (Å²) >= 11 is 2.01. The molecule has 0 aromatic heterocycles. The summed E-state index contributed by atoms with van der Waals surface area (Å²) in [6.07, 6.45) is 10.6. The third-order valence-electron chi connectivity index (χ3n) is 5.53. The SMILES string of the molecule is CS[C@H]1CC[C@H](NC2C[C@H]3CC[C@@H](C2)N3C(=O)OC(C)(C)C)C1. The molecule has 1 N–H and O–H groups in total. The Morgan fingerprint density at radius 2 is 1.70 bits per heavy atom. The molecule has 2 bridgehead atoms. The van der Waals surface area contributed by atoms with Crippen LogP contribution >= 0.6 is 11.8 Å². The summed E-state index contributed by atoms with van der Waals surface area (Å²) in [6, 6.07) is 2.01. The second kappa shape index (κ2) is 6.83. The Kier molecular flexibility index (Phi) is 5.17. The first-order chi connectivity index (χ1) is 10.9. The molecule has 2 saturated heterocycles. The summed E-state index contributed by atoms with van der Waals surface area (Å²) in [7, 11) is 0. The Morgan fingerprint density at radius 1 is 1.04 bits per heavy atom. The zero-order valence-electron chi connectivity index (χ0n) is 15.0. The molecule has 5 heteroatoms. The molecule has 1 saturated carbocycles. The predicted octanol–water partition coefficient (Wildman–Crippen LogP) is 3.79. The Morgan fingerprint density at radius 3 is 2.22 bits per heavy atom. The maximum absolute atomic E-state index is 12.5. The van der Waals surface area contributed by atoms with Gasteiger partial charge in [-0.25, -0.2) is 4.79 Å². The second-order valence-electron chi connectivity index (χ2n) is 8.48. The van der Waals surface area contributed by atoms with Gasteiger partial charge in [-0.1, -0.05) is 0 Å². The number of nitrogens with one attached hydrogen (secondary N) is 1. The molecule has 0 radical (unpaired) electrons. The molecule has 1 aliphatic carbocycles. The van der Waals surface area contributed by atoms with E-state index in [9.17, 15) is 4.79 Å². The summed E-state index contributed by atoms with van der Waals surface area (Å²) in [5.74, 6) is 0. The van der Waals surface area contributed by atoms with Gasteiger partial charge in [0.2, 0.25) is 0 Å². The molecule has 3 fully saturated rings. The fourth-order valence-electron chi connectivity index (χ4n) is 4.56. The molecule has 2 heterocycles. The number of ether oxygens (including phenoxy) is 1. The number of nitrogens with zero attached hydrogens (tertiary/aromatic N) is 1. The van der Waals surface area contributed by atoms with Crippen LogP contribution in [0.4, 0.5) is 4.79 Å². The Bertz CT molecular complexity index is 423. The van der Waals surface area contributed by atoms with E-state index in [1.807, 2.05) is 37.4 Å². The minimum Gasteiger partial charge on any atom is -0.444 e. The zero-order chi connectivity index (χ0) is 16.6. The molecule has 3 aliphatic rings. The normalized spacial score (nSPS) is 37.2. The third kappa shape index (κ3) is 4.16. The van der Waals surface area contributed by atoms with Gasteiger partial charge in [-0.2, -0.15) is 11.8 Å². The lowest BCUT2D eigenvalue weighted by molar-refractivity contribution is 0.00432. The first-order valence-corrected chi connectivity index (χ1v) is 10.4. The number of thioether (sulfide) groups is 1. The molecule has 5 atom stereocenters. The van der Waals surface area contributed by atoms with Gasteiger partial charge in [0, 0.05) is 29.4 Å². The van der Waals surface area contributed by atoms with Crippen molar-refractivity contribution in [3.63, 3.8) is 0 Å². The lowest BCUT2D eigenvalue weighted by atomic mass is 9.96.